The topological polar surface area (TPSA) is 53.5 Å². The molecule has 2 fully saturated rings. The van der Waals surface area contributed by atoms with Crippen LogP contribution in [0.2, 0.25) is 0 Å². The minimum Gasteiger partial charge on any atom is -0.338 e. The van der Waals surface area contributed by atoms with Gasteiger partial charge in [-0.15, -0.1) is 11.3 Å². The second-order valence-corrected chi connectivity index (χ2v) is 8.31. The van der Waals surface area contributed by atoms with Gasteiger partial charge in [-0.05, 0) is 30.8 Å². The summed E-state index contributed by atoms with van der Waals surface area (Å²) in [5.41, 5.74) is 1.10. The second-order valence-electron chi connectivity index (χ2n) is 7.42. The lowest BCUT2D eigenvalue weighted by Crippen LogP contribution is -2.45. The molecule has 1 saturated heterocycles. The van der Waals surface area contributed by atoms with Crippen LogP contribution in [0.5, 0.6) is 0 Å². The highest BCUT2D eigenvalue weighted by atomic mass is 32.1. The molecule has 0 N–H and O–H groups in total. The van der Waals surface area contributed by atoms with Gasteiger partial charge in [0.05, 0.1) is 17.2 Å². The van der Waals surface area contributed by atoms with E-state index in [2.05, 4.69) is 25.4 Å². The van der Waals surface area contributed by atoms with Crippen LogP contribution < -0.4 is 0 Å². The molecule has 1 saturated carbocycles. The minimum atomic E-state index is -0.355. The monoisotopic (exact) mass is 347 g/mol. The molecule has 0 unspecified atom stereocenters. The van der Waals surface area contributed by atoms with Crippen molar-refractivity contribution in [1.29, 1.82) is 0 Å². The largest absolute Gasteiger partial charge is 0.338 e. The van der Waals surface area contributed by atoms with Gasteiger partial charge < -0.3 is 9.80 Å². The molecule has 0 radical (unpaired) electrons. The van der Waals surface area contributed by atoms with E-state index in [0.29, 0.717) is 19.0 Å². The Kier molecular flexibility index (Phi) is 4.51. The summed E-state index contributed by atoms with van der Waals surface area (Å²) in [6, 6.07) is -0.355. The number of thiazole rings is 1. The first kappa shape index (κ1) is 17.1. The van der Waals surface area contributed by atoms with Gasteiger partial charge in [0.25, 0.3) is 0 Å². The number of rotatable bonds is 5. The minimum absolute atomic E-state index is 0.00747. The standard InChI is InChI=1S/C18H25N3O2S/c1-5-15(22)21-11-18(6-7-18)8-14(21)17(23)20(4)9-13-10-24-16(19-13)12(2)3/h5,10,12,14H,1,6-9,11H2,2-4H3/t14-/m1/s1. The number of likely N-dealkylation sites (N-methyl/N-ethyl adjacent to an activating group) is 1. The molecule has 1 aliphatic heterocycles. The van der Waals surface area contributed by atoms with E-state index in [-0.39, 0.29) is 23.3 Å². The van der Waals surface area contributed by atoms with Crippen LogP contribution >= 0.6 is 11.3 Å². The average molecular weight is 347 g/mol. The molecule has 1 aromatic heterocycles. The zero-order valence-electron chi connectivity index (χ0n) is 14.6. The molecule has 2 amide bonds. The van der Waals surface area contributed by atoms with Gasteiger partial charge in [0.15, 0.2) is 0 Å². The fourth-order valence-electron chi connectivity index (χ4n) is 3.40. The Hall–Kier alpha value is -1.69. The van der Waals surface area contributed by atoms with Crippen molar-refractivity contribution in [2.75, 3.05) is 13.6 Å². The number of hydrogen-bond donors (Lipinski definition) is 0. The molecule has 1 aromatic rings. The van der Waals surface area contributed by atoms with Crippen molar-refractivity contribution in [3.05, 3.63) is 28.7 Å². The van der Waals surface area contributed by atoms with Crippen LogP contribution in [0.3, 0.4) is 0 Å². The summed E-state index contributed by atoms with van der Waals surface area (Å²) in [6.45, 7) is 8.98. The van der Waals surface area contributed by atoms with E-state index in [1.54, 1.807) is 28.2 Å². The van der Waals surface area contributed by atoms with Crippen LogP contribution in [0.4, 0.5) is 0 Å². The first-order valence-corrected chi connectivity index (χ1v) is 9.35. The van der Waals surface area contributed by atoms with E-state index in [9.17, 15) is 9.59 Å². The Labute approximate surface area is 147 Å². The van der Waals surface area contributed by atoms with Crippen LogP contribution in [-0.2, 0) is 16.1 Å². The van der Waals surface area contributed by atoms with Gasteiger partial charge in [0.1, 0.15) is 6.04 Å². The van der Waals surface area contributed by atoms with Gasteiger partial charge in [-0.2, -0.15) is 0 Å². The molecular formula is C18H25N3O2S. The van der Waals surface area contributed by atoms with Crippen molar-refractivity contribution in [3.8, 4) is 0 Å². The number of hydrogen-bond acceptors (Lipinski definition) is 4. The lowest BCUT2D eigenvalue weighted by molar-refractivity contribution is -0.141. The number of nitrogens with zero attached hydrogens (tertiary/aromatic N) is 3. The van der Waals surface area contributed by atoms with Crippen molar-refractivity contribution in [3.63, 3.8) is 0 Å². The zero-order valence-corrected chi connectivity index (χ0v) is 15.4. The van der Waals surface area contributed by atoms with Gasteiger partial charge in [0, 0.05) is 24.9 Å². The summed E-state index contributed by atoms with van der Waals surface area (Å²) in [5, 5.41) is 3.11. The highest BCUT2D eigenvalue weighted by molar-refractivity contribution is 7.09. The molecule has 5 nitrogen and oxygen atoms in total. The molecule has 0 aromatic carbocycles. The van der Waals surface area contributed by atoms with Gasteiger partial charge >= 0.3 is 0 Å². The molecule has 1 spiro atoms. The molecular weight excluding hydrogens is 322 g/mol. The Morgan fingerprint density at radius 3 is 2.79 bits per heavy atom. The number of aromatic nitrogens is 1. The maximum Gasteiger partial charge on any atom is 0.246 e. The lowest BCUT2D eigenvalue weighted by Gasteiger charge is -2.26. The molecule has 1 aliphatic carbocycles. The Morgan fingerprint density at radius 1 is 1.54 bits per heavy atom. The van der Waals surface area contributed by atoms with Crippen molar-refractivity contribution in [2.45, 2.75) is 51.6 Å². The summed E-state index contributed by atoms with van der Waals surface area (Å²) in [5.74, 6) is 0.268. The molecule has 0 bridgehead atoms. The average Bonchev–Trinajstić information content (AvgIpc) is 2.97. The Balaban J connectivity index is 1.69. The van der Waals surface area contributed by atoms with Gasteiger partial charge in [-0.3, -0.25) is 9.59 Å². The van der Waals surface area contributed by atoms with Gasteiger partial charge in [-0.25, -0.2) is 4.98 Å². The van der Waals surface area contributed by atoms with E-state index < -0.39 is 0 Å². The second kappa shape index (κ2) is 6.31. The smallest absolute Gasteiger partial charge is 0.246 e. The van der Waals surface area contributed by atoms with Crippen molar-refractivity contribution in [1.82, 2.24) is 14.8 Å². The zero-order chi connectivity index (χ0) is 17.5. The highest BCUT2D eigenvalue weighted by Gasteiger charge is 2.55. The summed E-state index contributed by atoms with van der Waals surface area (Å²) in [4.78, 5) is 33.0. The van der Waals surface area contributed by atoms with Crippen LogP contribution in [0, 0.1) is 5.41 Å². The number of carbonyl (C=O) groups is 2. The SMILES string of the molecule is C=CC(=O)N1CC2(CC2)C[C@@H]1C(=O)N(C)Cc1csc(C(C)C)n1. The lowest BCUT2D eigenvalue weighted by atomic mass is 10.0. The fraction of sp³-hybridized carbons (Fsp3) is 0.611. The molecule has 2 aliphatic rings. The van der Waals surface area contributed by atoms with E-state index in [1.807, 2.05) is 5.38 Å². The normalized spacial score (nSPS) is 21.3. The summed E-state index contributed by atoms with van der Waals surface area (Å²) in [6.07, 6.45) is 4.33. The van der Waals surface area contributed by atoms with Crippen LogP contribution in [0.1, 0.15) is 49.7 Å². The molecule has 130 valence electrons. The number of amides is 2. The maximum atomic E-state index is 12.9. The third kappa shape index (κ3) is 3.24. The summed E-state index contributed by atoms with van der Waals surface area (Å²) in [7, 11) is 1.80. The van der Waals surface area contributed by atoms with Crippen LogP contribution in [0.15, 0.2) is 18.0 Å². The van der Waals surface area contributed by atoms with Gasteiger partial charge in [0.2, 0.25) is 11.8 Å². The Bertz CT molecular complexity index is 663. The fourth-order valence-corrected chi connectivity index (χ4v) is 4.23. The van der Waals surface area contributed by atoms with E-state index in [4.69, 9.17) is 0 Å². The highest BCUT2D eigenvalue weighted by Crippen LogP contribution is 2.55. The molecule has 24 heavy (non-hydrogen) atoms. The maximum absolute atomic E-state index is 12.9. The number of carbonyl (C=O) groups excluding carboxylic acids is 2. The van der Waals surface area contributed by atoms with Crippen LogP contribution in [0.25, 0.3) is 0 Å². The molecule has 1 atom stereocenters. The predicted octanol–water partition coefficient (Wildman–Crippen LogP) is 2.79. The van der Waals surface area contributed by atoms with Crippen molar-refractivity contribution >= 4 is 23.2 Å². The third-order valence-electron chi connectivity index (χ3n) is 5.05. The Morgan fingerprint density at radius 2 is 2.25 bits per heavy atom. The summed E-state index contributed by atoms with van der Waals surface area (Å²) < 4.78 is 0. The third-order valence-corrected chi connectivity index (χ3v) is 6.24. The molecule has 6 heteroatoms. The van der Waals surface area contributed by atoms with E-state index >= 15 is 0 Å². The quantitative estimate of drug-likeness (QED) is 0.770. The number of likely N-dealkylation sites (tertiary alicyclic amines) is 1. The summed E-state index contributed by atoms with van der Waals surface area (Å²) >= 11 is 1.64. The molecule has 3 rings (SSSR count). The van der Waals surface area contributed by atoms with E-state index in [0.717, 1.165) is 30.0 Å². The van der Waals surface area contributed by atoms with Crippen LogP contribution in [-0.4, -0.2) is 46.2 Å². The first-order chi connectivity index (χ1) is 11.3. The van der Waals surface area contributed by atoms with Gasteiger partial charge in [-0.1, -0.05) is 20.4 Å². The predicted molar refractivity (Wildman–Crippen MR) is 94.7 cm³/mol. The van der Waals surface area contributed by atoms with Crippen molar-refractivity contribution < 1.29 is 9.59 Å². The van der Waals surface area contributed by atoms with Crippen molar-refractivity contribution in [2.24, 2.45) is 5.41 Å². The first-order valence-electron chi connectivity index (χ1n) is 8.47. The molecule has 2 heterocycles. The van der Waals surface area contributed by atoms with E-state index in [1.165, 1.54) is 6.08 Å².